The van der Waals surface area contributed by atoms with Crippen molar-refractivity contribution < 1.29 is 4.79 Å². The van der Waals surface area contributed by atoms with Gasteiger partial charge in [0.25, 0.3) is 5.56 Å². The smallest absolute Gasteiger partial charge is 0.267 e. The summed E-state index contributed by atoms with van der Waals surface area (Å²) in [5, 5.41) is 12.1. The number of amides is 1. The van der Waals surface area contributed by atoms with Crippen molar-refractivity contribution in [3.05, 3.63) is 81.4 Å². The number of nitrogens with one attached hydrogen (secondary N) is 1. The Balaban J connectivity index is 1.32. The molecule has 0 saturated carbocycles. The fourth-order valence-electron chi connectivity index (χ4n) is 2.77. The predicted octanol–water partition coefficient (Wildman–Crippen LogP) is 3.45. The Morgan fingerprint density at radius 2 is 1.90 bits per heavy atom. The first-order chi connectivity index (χ1) is 14.2. The molecule has 1 aromatic carbocycles. The van der Waals surface area contributed by atoms with Crippen molar-refractivity contribution in [2.24, 2.45) is 0 Å². The van der Waals surface area contributed by atoms with Gasteiger partial charge in [-0.15, -0.1) is 22.7 Å². The maximum atomic E-state index is 12.3. The van der Waals surface area contributed by atoms with Crippen LogP contribution >= 0.6 is 22.7 Å². The topological polar surface area (TPSA) is 76.9 Å². The van der Waals surface area contributed by atoms with E-state index in [2.05, 4.69) is 15.4 Å². The minimum absolute atomic E-state index is 0.107. The van der Waals surface area contributed by atoms with Crippen molar-refractivity contribution in [2.45, 2.75) is 13.0 Å². The number of hydrogen-bond donors (Lipinski definition) is 1. The van der Waals surface area contributed by atoms with Gasteiger partial charge in [0.1, 0.15) is 17.2 Å². The van der Waals surface area contributed by atoms with Gasteiger partial charge in [-0.25, -0.2) is 9.67 Å². The minimum Gasteiger partial charge on any atom is -0.354 e. The lowest BCUT2D eigenvalue weighted by atomic mass is 10.2. The predicted molar refractivity (Wildman–Crippen MR) is 116 cm³/mol. The number of hydrogen-bond acceptors (Lipinski definition) is 6. The van der Waals surface area contributed by atoms with Crippen molar-refractivity contribution >= 4 is 28.6 Å². The Bertz CT molecular complexity index is 1150. The summed E-state index contributed by atoms with van der Waals surface area (Å²) >= 11 is 3.12. The third kappa shape index (κ3) is 4.85. The van der Waals surface area contributed by atoms with Gasteiger partial charge in [-0.1, -0.05) is 36.4 Å². The SMILES string of the molecule is O=C(Cn1nc(-c2cccs2)ccc1=O)NCCc1csc(-c2ccccc2)n1. The third-order valence-electron chi connectivity index (χ3n) is 4.21. The van der Waals surface area contributed by atoms with Crippen molar-refractivity contribution in [1.82, 2.24) is 20.1 Å². The normalized spacial score (nSPS) is 10.8. The van der Waals surface area contributed by atoms with Crippen molar-refractivity contribution in [3.63, 3.8) is 0 Å². The number of thiophene rings is 1. The second-order valence-electron chi connectivity index (χ2n) is 6.30. The molecule has 0 bridgehead atoms. The minimum atomic E-state index is -0.299. The molecule has 146 valence electrons. The first kappa shape index (κ1) is 19.2. The zero-order chi connectivity index (χ0) is 20.1. The Kier molecular flexibility index (Phi) is 5.92. The molecule has 8 heteroatoms. The Morgan fingerprint density at radius 1 is 1.03 bits per heavy atom. The van der Waals surface area contributed by atoms with Crippen LogP contribution in [0.4, 0.5) is 0 Å². The van der Waals surface area contributed by atoms with E-state index in [1.807, 2.05) is 53.2 Å². The molecule has 3 heterocycles. The molecule has 3 aromatic heterocycles. The molecule has 0 fully saturated rings. The first-order valence-corrected chi connectivity index (χ1v) is 10.8. The lowest BCUT2D eigenvalue weighted by Crippen LogP contribution is -2.34. The highest BCUT2D eigenvalue weighted by atomic mass is 32.1. The van der Waals surface area contributed by atoms with E-state index >= 15 is 0 Å². The van der Waals surface area contributed by atoms with Crippen LogP contribution in [0.1, 0.15) is 5.69 Å². The second kappa shape index (κ2) is 8.93. The maximum absolute atomic E-state index is 12.3. The van der Waals surface area contributed by atoms with Gasteiger partial charge in [0, 0.05) is 30.0 Å². The van der Waals surface area contributed by atoms with E-state index < -0.39 is 0 Å². The Labute approximate surface area is 175 Å². The number of carbonyl (C=O) groups excluding carboxylic acids is 1. The quantitative estimate of drug-likeness (QED) is 0.495. The number of nitrogens with zero attached hydrogens (tertiary/aromatic N) is 3. The molecule has 4 rings (SSSR count). The summed E-state index contributed by atoms with van der Waals surface area (Å²) in [7, 11) is 0. The van der Waals surface area contributed by atoms with E-state index in [1.165, 1.54) is 22.1 Å². The Morgan fingerprint density at radius 3 is 2.69 bits per heavy atom. The maximum Gasteiger partial charge on any atom is 0.267 e. The van der Waals surface area contributed by atoms with Crippen LogP contribution in [0.5, 0.6) is 0 Å². The van der Waals surface area contributed by atoms with Gasteiger partial charge in [0.2, 0.25) is 5.91 Å². The van der Waals surface area contributed by atoms with Gasteiger partial charge in [0.05, 0.1) is 10.6 Å². The molecule has 6 nitrogen and oxygen atoms in total. The summed E-state index contributed by atoms with van der Waals surface area (Å²) < 4.78 is 1.20. The van der Waals surface area contributed by atoms with E-state index in [4.69, 9.17) is 0 Å². The highest BCUT2D eigenvalue weighted by Gasteiger charge is 2.09. The van der Waals surface area contributed by atoms with Gasteiger partial charge < -0.3 is 5.32 Å². The van der Waals surface area contributed by atoms with Crippen LogP contribution in [-0.4, -0.2) is 27.2 Å². The number of aromatic nitrogens is 3. The summed E-state index contributed by atoms with van der Waals surface area (Å²) in [5.41, 5.74) is 2.41. The lowest BCUT2D eigenvalue weighted by Gasteiger charge is -2.07. The average Bonchev–Trinajstić information content (AvgIpc) is 3.43. The molecule has 1 amide bonds. The lowest BCUT2D eigenvalue weighted by molar-refractivity contribution is -0.121. The molecular formula is C21H18N4O2S2. The largest absolute Gasteiger partial charge is 0.354 e. The van der Waals surface area contributed by atoms with Crippen LogP contribution in [-0.2, 0) is 17.8 Å². The molecule has 0 unspecified atom stereocenters. The second-order valence-corrected chi connectivity index (χ2v) is 8.11. The molecule has 0 spiro atoms. The van der Waals surface area contributed by atoms with Crippen LogP contribution < -0.4 is 10.9 Å². The first-order valence-electron chi connectivity index (χ1n) is 9.07. The molecular weight excluding hydrogens is 404 g/mol. The van der Waals surface area contributed by atoms with Crippen LogP contribution in [0.15, 0.2) is 70.2 Å². The molecule has 0 aliphatic rings. The number of benzene rings is 1. The van der Waals surface area contributed by atoms with Crippen LogP contribution in [0.3, 0.4) is 0 Å². The van der Waals surface area contributed by atoms with Gasteiger partial charge in [-0.05, 0) is 17.5 Å². The molecule has 29 heavy (non-hydrogen) atoms. The zero-order valence-electron chi connectivity index (χ0n) is 15.4. The van der Waals surface area contributed by atoms with Crippen molar-refractivity contribution in [3.8, 4) is 21.1 Å². The monoisotopic (exact) mass is 422 g/mol. The van der Waals surface area contributed by atoms with E-state index in [0.29, 0.717) is 18.7 Å². The summed E-state index contributed by atoms with van der Waals surface area (Å²) in [6, 6.07) is 17.0. The Hall–Kier alpha value is -3.10. The fourth-order valence-corrected chi connectivity index (χ4v) is 4.33. The van der Waals surface area contributed by atoms with Gasteiger partial charge >= 0.3 is 0 Å². The zero-order valence-corrected chi connectivity index (χ0v) is 17.1. The molecule has 0 aliphatic heterocycles. The molecule has 1 N–H and O–H groups in total. The molecule has 0 aliphatic carbocycles. The van der Waals surface area contributed by atoms with Gasteiger partial charge in [-0.2, -0.15) is 5.10 Å². The summed E-state index contributed by atoms with van der Waals surface area (Å²) in [6.07, 6.45) is 0.632. The van der Waals surface area contributed by atoms with Crippen LogP contribution in [0.25, 0.3) is 21.1 Å². The van der Waals surface area contributed by atoms with E-state index in [1.54, 1.807) is 17.4 Å². The van der Waals surface area contributed by atoms with E-state index in [-0.39, 0.29) is 18.0 Å². The van der Waals surface area contributed by atoms with Crippen LogP contribution in [0, 0.1) is 0 Å². The number of rotatable bonds is 7. The highest BCUT2D eigenvalue weighted by Crippen LogP contribution is 2.23. The summed E-state index contributed by atoms with van der Waals surface area (Å²) in [6.45, 7) is 0.348. The summed E-state index contributed by atoms with van der Waals surface area (Å²) in [4.78, 5) is 29.8. The highest BCUT2D eigenvalue weighted by molar-refractivity contribution is 7.13. The number of carbonyl (C=O) groups is 1. The van der Waals surface area contributed by atoms with E-state index in [0.717, 1.165) is 21.1 Å². The molecule has 4 aromatic rings. The van der Waals surface area contributed by atoms with Crippen molar-refractivity contribution in [1.29, 1.82) is 0 Å². The van der Waals surface area contributed by atoms with E-state index in [9.17, 15) is 9.59 Å². The molecule has 0 saturated heterocycles. The molecule has 0 radical (unpaired) electrons. The molecule has 0 atom stereocenters. The fraction of sp³-hybridized carbons (Fsp3) is 0.143. The summed E-state index contributed by atoms with van der Waals surface area (Å²) in [5.74, 6) is -0.249. The standard InChI is InChI=1S/C21H18N4O2S2/c26-19(13-25-20(27)9-8-17(24-25)18-7-4-12-28-18)22-11-10-16-14-29-21(23-16)15-5-2-1-3-6-15/h1-9,12,14H,10-11,13H2,(H,22,26). The average molecular weight is 423 g/mol. The van der Waals surface area contributed by atoms with Gasteiger partial charge in [0.15, 0.2) is 0 Å². The van der Waals surface area contributed by atoms with Crippen molar-refractivity contribution in [2.75, 3.05) is 6.54 Å². The van der Waals surface area contributed by atoms with Gasteiger partial charge in [-0.3, -0.25) is 9.59 Å². The van der Waals surface area contributed by atoms with Crippen LogP contribution in [0.2, 0.25) is 0 Å². The number of thiazole rings is 1. The third-order valence-corrected chi connectivity index (χ3v) is 6.04.